The van der Waals surface area contributed by atoms with Gasteiger partial charge in [0.2, 0.25) is 11.8 Å². The highest BCUT2D eigenvalue weighted by atomic mass is 35.5. The number of halogens is 1. The van der Waals surface area contributed by atoms with Crippen LogP contribution in [0.4, 0.5) is 0 Å². The molecule has 0 radical (unpaired) electrons. The van der Waals surface area contributed by atoms with Gasteiger partial charge in [0.1, 0.15) is 0 Å². The van der Waals surface area contributed by atoms with Crippen molar-refractivity contribution in [1.82, 2.24) is 15.5 Å². The molecule has 0 spiro atoms. The summed E-state index contributed by atoms with van der Waals surface area (Å²) in [6.45, 7) is 0.170. The molecule has 0 saturated carbocycles. The second kappa shape index (κ2) is 7.10. The van der Waals surface area contributed by atoms with E-state index < -0.39 is 0 Å². The lowest BCUT2D eigenvalue weighted by molar-refractivity contribution is -0.120. The van der Waals surface area contributed by atoms with Crippen molar-refractivity contribution in [3.8, 4) is 0 Å². The SMILES string of the molecule is Cl.NCC(=O)NCc1nc(Cc2cccs2)no1. The van der Waals surface area contributed by atoms with E-state index in [1.807, 2.05) is 17.5 Å². The van der Waals surface area contributed by atoms with E-state index in [4.69, 9.17) is 10.3 Å². The maximum atomic E-state index is 10.9. The predicted molar refractivity (Wildman–Crippen MR) is 69.6 cm³/mol. The number of nitrogens with zero attached hydrogens (tertiary/aromatic N) is 2. The molecule has 6 nitrogen and oxygen atoms in total. The van der Waals surface area contributed by atoms with Gasteiger partial charge < -0.3 is 15.6 Å². The highest BCUT2D eigenvalue weighted by Crippen LogP contribution is 2.12. The van der Waals surface area contributed by atoms with Crippen molar-refractivity contribution in [2.45, 2.75) is 13.0 Å². The molecule has 2 heterocycles. The molecule has 0 fully saturated rings. The number of hydrogen-bond acceptors (Lipinski definition) is 6. The first-order chi connectivity index (χ1) is 8.28. The molecule has 0 atom stereocenters. The van der Waals surface area contributed by atoms with E-state index in [9.17, 15) is 4.79 Å². The number of rotatable bonds is 5. The number of hydrogen-bond donors (Lipinski definition) is 2. The van der Waals surface area contributed by atoms with E-state index in [2.05, 4.69) is 15.5 Å². The van der Waals surface area contributed by atoms with Crippen molar-refractivity contribution in [1.29, 1.82) is 0 Å². The van der Waals surface area contributed by atoms with Crippen LogP contribution in [-0.4, -0.2) is 22.6 Å². The summed E-state index contributed by atoms with van der Waals surface area (Å²) in [5.41, 5.74) is 5.15. The average molecular weight is 289 g/mol. The lowest BCUT2D eigenvalue weighted by Crippen LogP contribution is -2.29. The van der Waals surface area contributed by atoms with Crippen LogP contribution in [0.25, 0.3) is 0 Å². The quantitative estimate of drug-likeness (QED) is 0.845. The third-order valence-corrected chi connectivity index (χ3v) is 2.92. The van der Waals surface area contributed by atoms with Crippen LogP contribution in [0.5, 0.6) is 0 Å². The zero-order valence-electron chi connectivity index (χ0n) is 9.46. The molecule has 2 aromatic heterocycles. The summed E-state index contributed by atoms with van der Waals surface area (Å²) >= 11 is 1.64. The van der Waals surface area contributed by atoms with Crippen LogP contribution in [0.2, 0.25) is 0 Å². The predicted octanol–water partition coefficient (Wildman–Crippen LogP) is 0.719. The van der Waals surface area contributed by atoms with E-state index in [0.717, 1.165) is 0 Å². The van der Waals surface area contributed by atoms with Gasteiger partial charge in [0.15, 0.2) is 5.82 Å². The van der Waals surface area contributed by atoms with Crippen molar-refractivity contribution >= 4 is 29.7 Å². The third kappa shape index (κ3) is 4.10. The fourth-order valence-corrected chi connectivity index (χ4v) is 1.95. The van der Waals surface area contributed by atoms with Gasteiger partial charge >= 0.3 is 0 Å². The standard InChI is InChI=1S/C10H12N4O2S.ClH/c11-5-9(15)12-6-10-13-8(14-16-10)4-7-2-1-3-17-7;/h1-3H,4-6,11H2,(H,12,15);1H. The molecule has 0 unspecified atom stereocenters. The Morgan fingerprint density at radius 2 is 2.39 bits per heavy atom. The lowest BCUT2D eigenvalue weighted by atomic mass is 10.3. The van der Waals surface area contributed by atoms with Crippen molar-refractivity contribution < 1.29 is 9.32 Å². The summed E-state index contributed by atoms with van der Waals surface area (Å²) < 4.78 is 5.00. The molecular formula is C10H13ClN4O2S. The molecule has 0 bridgehead atoms. The maximum Gasteiger partial charge on any atom is 0.246 e. The zero-order chi connectivity index (χ0) is 12.1. The molecule has 0 aliphatic heterocycles. The van der Waals surface area contributed by atoms with Crippen LogP contribution in [0.3, 0.4) is 0 Å². The summed E-state index contributed by atoms with van der Waals surface area (Å²) in [4.78, 5) is 16.3. The number of aromatic nitrogens is 2. The number of amides is 1. The molecule has 2 rings (SSSR count). The summed E-state index contributed by atoms with van der Waals surface area (Å²) in [7, 11) is 0. The van der Waals surface area contributed by atoms with Gasteiger partial charge in [0.25, 0.3) is 0 Å². The molecule has 8 heteroatoms. The fraction of sp³-hybridized carbons (Fsp3) is 0.300. The first-order valence-corrected chi connectivity index (χ1v) is 5.96. The summed E-state index contributed by atoms with van der Waals surface area (Å²) in [6.07, 6.45) is 0.645. The molecule has 0 aromatic carbocycles. The Balaban J connectivity index is 0.00000162. The van der Waals surface area contributed by atoms with Crippen molar-refractivity contribution in [2.24, 2.45) is 5.73 Å². The first-order valence-electron chi connectivity index (χ1n) is 5.08. The molecule has 1 amide bonds. The minimum atomic E-state index is -0.247. The Morgan fingerprint density at radius 3 is 3.06 bits per heavy atom. The van der Waals surface area contributed by atoms with Crippen molar-refractivity contribution in [2.75, 3.05) is 6.54 Å². The van der Waals surface area contributed by atoms with Gasteiger partial charge in [-0.3, -0.25) is 4.79 Å². The fourth-order valence-electron chi connectivity index (χ4n) is 1.25. The van der Waals surface area contributed by atoms with Crippen LogP contribution in [0.1, 0.15) is 16.6 Å². The van der Waals surface area contributed by atoms with Crippen LogP contribution >= 0.6 is 23.7 Å². The van der Waals surface area contributed by atoms with E-state index >= 15 is 0 Å². The Labute approximate surface area is 114 Å². The Hall–Kier alpha value is -1.44. The smallest absolute Gasteiger partial charge is 0.246 e. The molecular weight excluding hydrogens is 276 g/mol. The third-order valence-electron chi connectivity index (χ3n) is 2.04. The van der Waals surface area contributed by atoms with Gasteiger partial charge in [-0.25, -0.2) is 0 Å². The molecule has 0 saturated heterocycles. The molecule has 98 valence electrons. The molecule has 2 aromatic rings. The minimum absolute atomic E-state index is 0. The number of thiophene rings is 1. The monoisotopic (exact) mass is 288 g/mol. The maximum absolute atomic E-state index is 10.9. The number of nitrogens with two attached hydrogens (primary N) is 1. The topological polar surface area (TPSA) is 94.0 Å². The van der Waals surface area contributed by atoms with E-state index in [1.165, 1.54) is 4.88 Å². The van der Waals surface area contributed by atoms with Gasteiger partial charge in [0, 0.05) is 11.3 Å². The zero-order valence-corrected chi connectivity index (χ0v) is 11.1. The summed E-state index contributed by atoms with van der Waals surface area (Å²) in [6, 6.07) is 3.99. The molecule has 3 N–H and O–H groups in total. The second-order valence-electron chi connectivity index (χ2n) is 3.34. The van der Waals surface area contributed by atoms with Gasteiger partial charge in [-0.2, -0.15) is 4.98 Å². The van der Waals surface area contributed by atoms with Crippen molar-refractivity contribution in [3.63, 3.8) is 0 Å². The van der Waals surface area contributed by atoms with Crippen LogP contribution < -0.4 is 11.1 Å². The average Bonchev–Trinajstić information content (AvgIpc) is 2.98. The van der Waals surface area contributed by atoms with Crippen molar-refractivity contribution in [3.05, 3.63) is 34.1 Å². The van der Waals surface area contributed by atoms with E-state index in [1.54, 1.807) is 11.3 Å². The Bertz CT molecular complexity index is 486. The van der Waals surface area contributed by atoms with Gasteiger partial charge in [0.05, 0.1) is 13.1 Å². The summed E-state index contributed by atoms with van der Waals surface area (Å²) in [5.74, 6) is 0.755. The normalized spacial score (nSPS) is 9.83. The van der Waals surface area contributed by atoms with E-state index in [0.29, 0.717) is 18.1 Å². The van der Waals surface area contributed by atoms with Crippen LogP contribution in [0.15, 0.2) is 22.0 Å². The molecule has 18 heavy (non-hydrogen) atoms. The number of carbonyl (C=O) groups is 1. The number of carbonyl (C=O) groups excluding carboxylic acids is 1. The highest BCUT2D eigenvalue weighted by Gasteiger charge is 2.08. The van der Waals surface area contributed by atoms with Gasteiger partial charge in [-0.15, -0.1) is 23.7 Å². The van der Waals surface area contributed by atoms with Gasteiger partial charge in [-0.1, -0.05) is 11.2 Å². The Morgan fingerprint density at radius 1 is 1.56 bits per heavy atom. The van der Waals surface area contributed by atoms with Crippen LogP contribution in [0, 0.1) is 0 Å². The Kier molecular flexibility index (Phi) is 5.76. The lowest BCUT2D eigenvalue weighted by Gasteiger charge is -1.96. The minimum Gasteiger partial charge on any atom is -0.346 e. The molecule has 0 aliphatic rings. The molecule has 0 aliphatic carbocycles. The van der Waals surface area contributed by atoms with Crippen LogP contribution in [-0.2, 0) is 17.8 Å². The number of nitrogens with one attached hydrogen (secondary N) is 1. The summed E-state index contributed by atoms with van der Waals surface area (Å²) in [5, 5.41) is 8.39. The first kappa shape index (κ1) is 14.6. The van der Waals surface area contributed by atoms with Gasteiger partial charge in [-0.05, 0) is 11.4 Å². The largest absolute Gasteiger partial charge is 0.346 e. The highest BCUT2D eigenvalue weighted by molar-refractivity contribution is 7.09. The second-order valence-corrected chi connectivity index (χ2v) is 4.37. The van der Waals surface area contributed by atoms with E-state index in [-0.39, 0.29) is 31.4 Å².